The van der Waals surface area contributed by atoms with Crippen molar-refractivity contribution >= 4 is 0 Å². The molecule has 0 aromatic rings. The second-order valence-corrected chi connectivity index (χ2v) is 6.14. The molecule has 0 N–H and O–H groups in total. The van der Waals surface area contributed by atoms with E-state index in [2.05, 4.69) is 34.6 Å². The molecule has 0 aromatic heterocycles. The highest BCUT2D eigenvalue weighted by Gasteiger charge is 2.58. The lowest BCUT2D eigenvalue weighted by Gasteiger charge is -2.31. The van der Waals surface area contributed by atoms with Crippen LogP contribution in [0, 0.1) is 41.4 Å². The van der Waals surface area contributed by atoms with Crippen LogP contribution in [-0.2, 0) is 0 Å². The van der Waals surface area contributed by atoms with Crippen molar-refractivity contribution < 1.29 is 0 Å². The topological polar surface area (TPSA) is 0 Å². The van der Waals surface area contributed by atoms with Gasteiger partial charge in [-0.2, -0.15) is 0 Å². The van der Waals surface area contributed by atoms with Crippen molar-refractivity contribution in [3.63, 3.8) is 0 Å². The highest BCUT2D eigenvalue weighted by molar-refractivity contribution is 5.06. The van der Waals surface area contributed by atoms with E-state index in [9.17, 15) is 0 Å². The van der Waals surface area contributed by atoms with Gasteiger partial charge in [-0.3, -0.25) is 0 Å². The zero-order chi connectivity index (χ0) is 10.5. The van der Waals surface area contributed by atoms with Crippen molar-refractivity contribution in [3.8, 4) is 0 Å². The van der Waals surface area contributed by atoms with E-state index in [1.165, 1.54) is 12.8 Å². The molecule has 0 bridgehead atoms. The second-order valence-electron chi connectivity index (χ2n) is 6.14. The van der Waals surface area contributed by atoms with Crippen LogP contribution in [0.15, 0.2) is 0 Å². The predicted molar refractivity (Wildman–Crippen MR) is 62.0 cm³/mol. The van der Waals surface area contributed by atoms with Crippen LogP contribution in [0.2, 0.25) is 0 Å². The van der Waals surface area contributed by atoms with E-state index in [0.29, 0.717) is 0 Å². The molecule has 2 saturated carbocycles. The van der Waals surface area contributed by atoms with E-state index in [1.807, 2.05) is 0 Å². The lowest BCUT2D eigenvalue weighted by Crippen LogP contribution is -2.24. The molecule has 2 rings (SSSR count). The Morgan fingerprint density at radius 3 is 2.36 bits per heavy atom. The van der Waals surface area contributed by atoms with Crippen LogP contribution in [0.1, 0.15) is 47.5 Å². The van der Waals surface area contributed by atoms with E-state index in [-0.39, 0.29) is 0 Å². The Morgan fingerprint density at radius 2 is 1.79 bits per heavy atom. The maximum Gasteiger partial charge on any atom is -0.0321 e. The van der Waals surface area contributed by atoms with Gasteiger partial charge in [-0.1, -0.05) is 41.0 Å². The highest BCUT2D eigenvalue weighted by atomic mass is 14.6. The molecule has 0 aliphatic heterocycles. The minimum atomic E-state index is 0.963. The Bertz CT molecular complexity index is 204. The van der Waals surface area contributed by atoms with E-state index in [0.717, 1.165) is 41.4 Å². The molecule has 7 atom stereocenters. The third kappa shape index (κ3) is 1.42. The summed E-state index contributed by atoms with van der Waals surface area (Å²) in [5, 5.41) is 0. The van der Waals surface area contributed by atoms with Gasteiger partial charge in [-0.05, 0) is 47.8 Å². The molecule has 0 spiro atoms. The van der Waals surface area contributed by atoms with Crippen molar-refractivity contribution in [2.75, 3.05) is 0 Å². The maximum atomic E-state index is 2.50. The van der Waals surface area contributed by atoms with Crippen LogP contribution in [0.4, 0.5) is 0 Å². The van der Waals surface area contributed by atoms with E-state index < -0.39 is 0 Å². The summed E-state index contributed by atoms with van der Waals surface area (Å²) in [7, 11) is 0. The van der Waals surface area contributed by atoms with E-state index >= 15 is 0 Å². The minimum Gasteiger partial charge on any atom is -0.0651 e. The molecule has 0 radical (unpaired) electrons. The summed E-state index contributed by atoms with van der Waals surface area (Å²) in [4.78, 5) is 0. The predicted octanol–water partition coefficient (Wildman–Crippen LogP) is 4.21. The van der Waals surface area contributed by atoms with Gasteiger partial charge in [0.15, 0.2) is 0 Å². The summed E-state index contributed by atoms with van der Waals surface area (Å²) in [6.07, 6.45) is 2.90. The van der Waals surface area contributed by atoms with Gasteiger partial charge in [-0.25, -0.2) is 0 Å². The molecule has 0 saturated heterocycles. The number of hydrogen-bond acceptors (Lipinski definition) is 0. The molecule has 0 amide bonds. The Kier molecular flexibility index (Phi) is 2.66. The van der Waals surface area contributed by atoms with Gasteiger partial charge < -0.3 is 0 Å². The van der Waals surface area contributed by atoms with Crippen molar-refractivity contribution in [1.82, 2.24) is 0 Å². The van der Waals surface area contributed by atoms with Crippen molar-refractivity contribution in [2.24, 2.45) is 41.4 Å². The van der Waals surface area contributed by atoms with Crippen molar-refractivity contribution in [1.29, 1.82) is 0 Å². The smallest absolute Gasteiger partial charge is 0.0321 e. The zero-order valence-corrected chi connectivity index (χ0v) is 10.5. The summed E-state index contributed by atoms with van der Waals surface area (Å²) in [6.45, 7) is 12.2. The lowest BCUT2D eigenvalue weighted by atomic mass is 9.75. The molecule has 7 unspecified atom stereocenters. The Balaban J connectivity index is 2.04. The molecule has 2 aliphatic carbocycles. The summed E-state index contributed by atoms with van der Waals surface area (Å²) >= 11 is 0. The zero-order valence-electron chi connectivity index (χ0n) is 10.5. The summed E-state index contributed by atoms with van der Waals surface area (Å²) in [5.74, 6) is 7.18. The molecule has 2 fully saturated rings. The van der Waals surface area contributed by atoms with Gasteiger partial charge in [0.2, 0.25) is 0 Å². The van der Waals surface area contributed by atoms with Gasteiger partial charge in [0.05, 0.1) is 0 Å². The standard InChI is InChI=1S/C14H26/c1-6-8(2)13-12-7-9(3)10(4)11(5)14(12)13/h8-14H,6-7H2,1-5H3. The van der Waals surface area contributed by atoms with Crippen LogP contribution in [-0.4, -0.2) is 0 Å². The molecule has 0 aromatic carbocycles. The third-order valence-electron chi connectivity index (χ3n) is 5.57. The largest absolute Gasteiger partial charge is 0.0651 e. The number of fused-ring (bicyclic) bond motifs is 1. The molecule has 82 valence electrons. The maximum absolute atomic E-state index is 2.50. The van der Waals surface area contributed by atoms with E-state index in [1.54, 1.807) is 0 Å². The van der Waals surface area contributed by atoms with Gasteiger partial charge in [-0.15, -0.1) is 0 Å². The first-order valence-corrected chi connectivity index (χ1v) is 6.57. The van der Waals surface area contributed by atoms with Gasteiger partial charge in [0.25, 0.3) is 0 Å². The molecular weight excluding hydrogens is 168 g/mol. The third-order valence-corrected chi connectivity index (χ3v) is 5.57. The summed E-state index contributed by atoms with van der Waals surface area (Å²) < 4.78 is 0. The minimum absolute atomic E-state index is 0.963. The average Bonchev–Trinajstić information content (AvgIpc) is 2.87. The van der Waals surface area contributed by atoms with Crippen LogP contribution in [0.3, 0.4) is 0 Å². The first-order valence-electron chi connectivity index (χ1n) is 6.57. The molecule has 14 heavy (non-hydrogen) atoms. The SMILES string of the molecule is CCC(C)C1C2CC(C)C(C)C(C)C21. The Morgan fingerprint density at radius 1 is 1.14 bits per heavy atom. The fourth-order valence-electron chi connectivity index (χ4n) is 4.07. The molecule has 0 nitrogen and oxygen atoms in total. The normalized spacial score (nSPS) is 53.8. The van der Waals surface area contributed by atoms with Crippen LogP contribution >= 0.6 is 0 Å². The van der Waals surface area contributed by atoms with Crippen LogP contribution in [0.5, 0.6) is 0 Å². The van der Waals surface area contributed by atoms with E-state index in [4.69, 9.17) is 0 Å². The fourth-order valence-corrected chi connectivity index (χ4v) is 4.07. The fraction of sp³-hybridized carbons (Fsp3) is 1.00. The number of hydrogen-bond donors (Lipinski definition) is 0. The molecule has 2 aliphatic rings. The van der Waals surface area contributed by atoms with Crippen molar-refractivity contribution in [3.05, 3.63) is 0 Å². The van der Waals surface area contributed by atoms with Crippen LogP contribution in [0.25, 0.3) is 0 Å². The Labute approximate surface area is 89.5 Å². The van der Waals surface area contributed by atoms with Gasteiger partial charge in [0, 0.05) is 0 Å². The number of rotatable bonds is 2. The quantitative estimate of drug-likeness (QED) is 0.618. The van der Waals surface area contributed by atoms with Gasteiger partial charge in [0.1, 0.15) is 0 Å². The molecular formula is C14H26. The average molecular weight is 194 g/mol. The summed E-state index contributed by atoms with van der Waals surface area (Å²) in [6, 6.07) is 0. The van der Waals surface area contributed by atoms with Gasteiger partial charge >= 0.3 is 0 Å². The lowest BCUT2D eigenvalue weighted by molar-refractivity contribution is 0.183. The second kappa shape index (κ2) is 3.54. The highest BCUT2D eigenvalue weighted by Crippen LogP contribution is 2.63. The monoisotopic (exact) mass is 194 g/mol. The molecule has 0 heterocycles. The van der Waals surface area contributed by atoms with Crippen LogP contribution < -0.4 is 0 Å². The summed E-state index contributed by atoms with van der Waals surface area (Å²) in [5.41, 5.74) is 0. The first-order chi connectivity index (χ1) is 6.57. The first kappa shape index (κ1) is 10.5. The molecule has 0 heteroatoms. The van der Waals surface area contributed by atoms with Crippen molar-refractivity contribution in [2.45, 2.75) is 47.5 Å². The Hall–Kier alpha value is 0.